The van der Waals surface area contributed by atoms with Crippen LogP contribution < -0.4 is 5.32 Å². The number of rotatable bonds is 3. The van der Waals surface area contributed by atoms with Crippen LogP contribution in [0, 0.1) is 0 Å². The number of anilines is 1. The van der Waals surface area contributed by atoms with Gasteiger partial charge >= 0.3 is 12.0 Å². The van der Waals surface area contributed by atoms with Crippen LogP contribution in [0.4, 0.5) is 9.93 Å². The highest BCUT2D eigenvalue weighted by atomic mass is 32.1. The van der Waals surface area contributed by atoms with E-state index in [9.17, 15) is 14.7 Å². The molecule has 2 amide bonds. The highest BCUT2D eigenvalue weighted by Crippen LogP contribution is 2.40. The predicted molar refractivity (Wildman–Crippen MR) is 75.1 cm³/mol. The lowest BCUT2D eigenvalue weighted by molar-refractivity contribution is -0.143. The molecule has 20 heavy (non-hydrogen) atoms. The fraction of sp³-hybridized carbons (Fsp3) is 0.615. The van der Waals surface area contributed by atoms with Crippen molar-refractivity contribution < 1.29 is 14.7 Å². The monoisotopic (exact) mass is 295 g/mol. The van der Waals surface area contributed by atoms with E-state index in [1.54, 1.807) is 0 Å². The van der Waals surface area contributed by atoms with Crippen molar-refractivity contribution in [3.63, 3.8) is 0 Å². The summed E-state index contributed by atoms with van der Waals surface area (Å²) in [6.45, 7) is 0.490. The van der Waals surface area contributed by atoms with Gasteiger partial charge in [-0.15, -0.1) is 11.3 Å². The zero-order valence-corrected chi connectivity index (χ0v) is 11.9. The molecule has 2 fully saturated rings. The van der Waals surface area contributed by atoms with Crippen LogP contribution in [-0.2, 0) is 4.79 Å². The van der Waals surface area contributed by atoms with Crippen molar-refractivity contribution in [2.45, 2.75) is 44.1 Å². The van der Waals surface area contributed by atoms with E-state index in [4.69, 9.17) is 0 Å². The summed E-state index contributed by atoms with van der Waals surface area (Å²) in [6.07, 6.45) is 4.56. The summed E-state index contributed by atoms with van der Waals surface area (Å²) in [5.74, 6) is -0.378. The van der Waals surface area contributed by atoms with Crippen LogP contribution >= 0.6 is 11.3 Å². The standard InChI is InChI=1S/C13H17N3O3S/c17-11(18)10-3-1-2-6-16(10)13(19)15-12-14-9(7-20-12)8-4-5-8/h7-8,10H,1-6H2,(H,17,18)(H,14,15,19). The van der Waals surface area contributed by atoms with Crippen molar-refractivity contribution in [1.82, 2.24) is 9.88 Å². The number of urea groups is 1. The molecule has 3 rings (SSSR count). The van der Waals surface area contributed by atoms with Gasteiger partial charge in [0.2, 0.25) is 0 Å². The third-order valence-electron chi connectivity index (χ3n) is 3.78. The fourth-order valence-electron chi connectivity index (χ4n) is 2.50. The van der Waals surface area contributed by atoms with Crippen LogP contribution in [0.25, 0.3) is 0 Å². The second-order valence-corrected chi connectivity index (χ2v) is 6.18. The topological polar surface area (TPSA) is 82.5 Å². The number of aliphatic carboxylic acids is 1. The second kappa shape index (κ2) is 5.40. The Labute approximate surface area is 120 Å². The van der Waals surface area contributed by atoms with Crippen molar-refractivity contribution in [3.05, 3.63) is 11.1 Å². The van der Waals surface area contributed by atoms with Crippen molar-refractivity contribution in [3.8, 4) is 0 Å². The lowest BCUT2D eigenvalue weighted by atomic mass is 10.0. The first-order chi connectivity index (χ1) is 9.65. The fourth-order valence-corrected chi connectivity index (χ4v) is 3.29. The van der Waals surface area contributed by atoms with E-state index in [2.05, 4.69) is 10.3 Å². The van der Waals surface area contributed by atoms with Gasteiger partial charge in [-0.3, -0.25) is 5.32 Å². The summed E-state index contributed by atoms with van der Waals surface area (Å²) < 4.78 is 0. The average Bonchev–Trinajstić information content (AvgIpc) is 3.19. The Morgan fingerprint density at radius 2 is 2.15 bits per heavy atom. The van der Waals surface area contributed by atoms with Crippen LogP contribution in [0.3, 0.4) is 0 Å². The zero-order valence-electron chi connectivity index (χ0n) is 11.0. The van der Waals surface area contributed by atoms with Crippen LogP contribution in [0.2, 0.25) is 0 Å². The van der Waals surface area contributed by atoms with Gasteiger partial charge in [0.25, 0.3) is 0 Å². The summed E-state index contributed by atoms with van der Waals surface area (Å²) in [6, 6.07) is -1.07. The minimum absolute atomic E-state index is 0.353. The van der Waals surface area contributed by atoms with Crippen LogP contribution in [0.15, 0.2) is 5.38 Å². The number of carbonyl (C=O) groups is 2. The number of hydrogen-bond donors (Lipinski definition) is 2. The number of carboxylic acid groups (broad SMARTS) is 1. The van der Waals surface area contributed by atoms with Crippen LogP contribution in [0.1, 0.15) is 43.7 Å². The Morgan fingerprint density at radius 1 is 1.35 bits per heavy atom. The maximum atomic E-state index is 12.2. The Kier molecular flexibility index (Phi) is 3.60. The molecule has 1 saturated carbocycles. The van der Waals surface area contributed by atoms with E-state index in [0.717, 1.165) is 18.5 Å². The summed E-state index contributed by atoms with van der Waals surface area (Å²) >= 11 is 1.40. The molecule has 0 spiro atoms. The molecule has 1 aromatic heterocycles. The number of carboxylic acids is 1. The summed E-state index contributed by atoms with van der Waals surface area (Å²) in [5, 5.41) is 14.4. The van der Waals surface area contributed by atoms with Gasteiger partial charge in [0, 0.05) is 17.8 Å². The summed E-state index contributed by atoms with van der Waals surface area (Å²) in [4.78, 5) is 29.2. The van der Waals surface area contributed by atoms with Crippen molar-refractivity contribution in [2.24, 2.45) is 0 Å². The first-order valence-corrected chi connectivity index (χ1v) is 7.79. The first-order valence-electron chi connectivity index (χ1n) is 6.91. The molecule has 6 nitrogen and oxygen atoms in total. The van der Waals surface area contributed by atoms with Gasteiger partial charge in [-0.25, -0.2) is 14.6 Å². The van der Waals surface area contributed by atoms with Crippen molar-refractivity contribution >= 4 is 28.5 Å². The van der Waals surface area contributed by atoms with Gasteiger partial charge in [0.15, 0.2) is 5.13 Å². The molecule has 7 heteroatoms. The van der Waals surface area contributed by atoms with Crippen molar-refractivity contribution in [2.75, 3.05) is 11.9 Å². The smallest absolute Gasteiger partial charge is 0.326 e. The highest BCUT2D eigenvalue weighted by molar-refractivity contribution is 7.13. The Hall–Kier alpha value is -1.63. The Bertz CT molecular complexity index is 527. The molecule has 2 heterocycles. The first kappa shape index (κ1) is 13.4. The average molecular weight is 295 g/mol. The molecule has 108 valence electrons. The number of carbonyl (C=O) groups excluding carboxylic acids is 1. The number of nitrogens with zero attached hydrogens (tertiary/aromatic N) is 2. The van der Waals surface area contributed by atoms with Gasteiger partial charge in [0.1, 0.15) is 6.04 Å². The zero-order chi connectivity index (χ0) is 14.1. The molecule has 0 bridgehead atoms. The number of amides is 2. The van der Waals surface area contributed by atoms with Gasteiger partial charge < -0.3 is 10.0 Å². The summed E-state index contributed by atoms with van der Waals surface area (Å²) in [5.41, 5.74) is 1.04. The third-order valence-corrected chi connectivity index (χ3v) is 4.56. The molecular weight excluding hydrogens is 278 g/mol. The van der Waals surface area contributed by atoms with E-state index in [-0.39, 0.29) is 6.03 Å². The van der Waals surface area contributed by atoms with Crippen molar-refractivity contribution in [1.29, 1.82) is 0 Å². The predicted octanol–water partition coefficient (Wildman–Crippen LogP) is 2.49. The van der Waals surface area contributed by atoms with Crippen LogP contribution in [0.5, 0.6) is 0 Å². The quantitative estimate of drug-likeness (QED) is 0.897. The lowest BCUT2D eigenvalue weighted by Gasteiger charge is -2.32. The number of nitrogens with one attached hydrogen (secondary N) is 1. The van der Waals surface area contributed by atoms with Gasteiger partial charge in [0.05, 0.1) is 5.69 Å². The van der Waals surface area contributed by atoms with E-state index in [1.807, 2.05) is 5.38 Å². The van der Waals surface area contributed by atoms with Crippen LogP contribution in [-0.4, -0.2) is 39.6 Å². The number of likely N-dealkylation sites (tertiary alicyclic amines) is 1. The molecule has 1 atom stereocenters. The highest BCUT2D eigenvalue weighted by Gasteiger charge is 2.32. The van der Waals surface area contributed by atoms with E-state index < -0.39 is 12.0 Å². The molecule has 1 aromatic rings. The minimum atomic E-state index is -0.933. The molecule has 1 aliphatic carbocycles. The molecule has 0 radical (unpaired) electrons. The molecule has 0 aromatic carbocycles. The maximum Gasteiger partial charge on any atom is 0.326 e. The number of hydrogen-bond acceptors (Lipinski definition) is 4. The number of aromatic nitrogens is 1. The molecule has 1 saturated heterocycles. The molecule has 2 aliphatic rings. The normalized spacial score (nSPS) is 22.6. The summed E-state index contributed by atoms with van der Waals surface area (Å²) in [7, 11) is 0. The SMILES string of the molecule is O=C(O)C1CCCCN1C(=O)Nc1nc(C2CC2)cs1. The van der Waals surface area contributed by atoms with E-state index >= 15 is 0 Å². The molecule has 1 aliphatic heterocycles. The minimum Gasteiger partial charge on any atom is -0.480 e. The molecule has 1 unspecified atom stereocenters. The van der Waals surface area contributed by atoms with Gasteiger partial charge in [-0.1, -0.05) is 0 Å². The largest absolute Gasteiger partial charge is 0.480 e. The number of piperidine rings is 1. The molecule has 2 N–H and O–H groups in total. The Balaban J connectivity index is 1.65. The Morgan fingerprint density at radius 3 is 2.85 bits per heavy atom. The maximum absolute atomic E-state index is 12.2. The van der Waals surface area contributed by atoms with Gasteiger partial charge in [-0.05, 0) is 32.1 Å². The lowest BCUT2D eigenvalue weighted by Crippen LogP contribution is -2.49. The molecular formula is C13H17N3O3S. The second-order valence-electron chi connectivity index (χ2n) is 5.33. The van der Waals surface area contributed by atoms with Gasteiger partial charge in [-0.2, -0.15) is 0 Å². The van der Waals surface area contributed by atoms with E-state index in [1.165, 1.54) is 29.1 Å². The number of thiazole rings is 1. The third kappa shape index (κ3) is 2.77. The van der Waals surface area contributed by atoms with E-state index in [0.29, 0.717) is 24.0 Å².